The molecule has 0 bridgehead atoms. The van der Waals surface area contributed by atoms with E-state index in [1.807, 2.05) is 76.0 Å². The number of aromatic nitrogens is 5. The van der Waals surface area contributed by atoms with Crippen LogP contribution >= 0.6 is 0 Å². The van der Waals surface area contributed by atoms with Gasteiger partial charge >= 0.3 is 0 Å². The summed E-state index contributed by atoms with van der Waals surface area (Å²) in [5.74, 6) is 0.186. The number of ether oxygens (including phenoxy) is 1. The van der Waals surface area contributed by atoms with E-state index in [9.17, 15) is 4.79 Å². The molecule has 0 aliphatic carbocycles. The van der Waals surface area contributed by atoms with Crippen LogP contribution in [-0.4, -0.2) is 36.8 Å². The summed E-state index contributed by atoms with van der Waals surface area (Å²) in [5, 5.41) is 8.47. The summed E-state index contributed by atoms with van der Waals surface area (Å²) in [7, 11) is 3.75. The summed E-state index contributed by atoms with van der Waals surface area (Å²) in [5.41, 5.74) is 5.44. The lowest BCUT2D eigenvalue weighted by Gasteiger charge is -2.15. The molecule has 0 radical (unpaired) electrons. The molecular weight excluding hydrogens is 392 g/mol. The molecule has 0 saturated carbocycles. The Morgan fingerprint density at radius 3 is 2.61 bits per heavy atom. The van der Waals surface area contributed by atoms with Crippen LogP contribution in [0.1, 0.15) is 29.7 Å². The molecule has 8 heteroatoms. The molecule has 0 fully saturated rings. The van der Waals surface area contributed by atoms with Crippen molar-refractivity contribution in [3.8, 4) is 17.3 Å². The van der Waals surface area contributed by atoms with Gasteiger partial charge in [0.25, 0.3) is 5.91 Å². The average molecular weight is 419 g/mol. The van der Waals surface area contributed by atoms with Crippen LogP contribution in [0.15, 0.2) is 42.9 Å². The predicted molar refractivity (Wildman–Crippen MR) is 119 cm³/mol. The first-order chi connectivity index (χ1) is 14.8. The molecule has 0 saturated heterocycles. The number of hydrogen-bond donors (Lipinski definition) is 1. The third kappa shape index (κ3) is 4.28. The fourth-order valence-corrected chi connectivity index (χ4v) is 3.55. The van der Waals surface area contributed by atoms with Gasteiger partial charge in [-0.15, -0.1) is 0 Å². The highest BCUT2D eigenvalue weighted by atomic mass is 16.5. The van der Waals surface area contributed by atoms with Gasteiger partial charge in [0.1, 0.15) is 11.4 Å². The highest BCUT2D eigenvalue weighted by molar-refractivity contribution is 5.93. The number of carbonyl (C=O) groups is 1. The highest BCUT2D eigenvalue weighted by Gasteiger charge is 2.18. The van der Waals surface area contributed by atoms with Crippen LogP contribution in [0.4, 0.5) is 0 Å². The summed E-state index contributed by atoms with van der Waals surface area (Å²) < 4.78 is 9.29. The van der Waals surface area contributed by atoms with Crippen molar-refractivity contribution in [2.45, 2.75) is 26.8 Å². The van der Waals surface area contributed by atoms with Crippen molar-refractivity contribution >= 4 is 16.9 Å². The summed E-state index contributed by atoms with van der Waals surface area (Å²) in [6.07, 6.45) is 3.66. The second kappa shape index (κ2) is 8.22. The van der Waals surface area contributed by atoms with E-state index in [4.69, 9.17) is 4.74 Å². The molecule has 1 amide bonds. The number of rotatable bonds is 6. The molecule has 0 aliphatic rings. The molecule has 160 valence electrons. The number of aryl methyl sites for hydroxylation is 4. The summed E-state index contributed by atoms with van der Waals surface area (Å²) in [6, 6.07) is 9.82. The number of pyridine rings is 1. The maximum absolute atomic E-state index is 12.4. The Morgan fingerprint density at radius 1 is 1.19 bits per heavy atom. The minimum Gasteiger partial charge on any atom is -0.468 e. The van der Waals surface area contributed by atoms with Crippen LogP contribution in [0.5, 0.6) is 5.88 Å². The predicted octanol–water partition coefficient (Wildman–Crippen LogP) is 3.24. The number of nitrogens with zero attached hydrogens (tertiary/aromatic N) is 5. The number of carbonyl (C=O) groups excluding carboxylic acids is 1. The van der Waals surface area contributed by atoms with Crippen LogP contribution < -0.4 is 10.1 Å². The Kier molecular flexibility index (Phi) is 5.46. The largest absolute Gasteiger partial charge is 0.468 e. The van der Waals surface area contributed by atoms with Crippen molar-refractivity contribution in [1.82, 2.24) is 29.6 Å². The quantitative estimate of drug-likeness (QED) is 0.519. The lowest BCUT2D eigenvalue weighted by molar-refractivity contribution is -0.123. The van der Waals surface area contributed by atoms with Crippen molar-refractivity contribution in [3.63, 3.8) is 0 Å². The monoisotopic (exact) mass is 418 g/mol. The van der Waals surface area contributed by atoms with Crippen molar-refractivity contribution < 1.29 is 9.53 Å². The number of amides is 1. The van der Waals surface area contributed by atoms with Gasteiger partial charge in [0.05, 0.1) is 17.8 Å². The van der Waals surface area contributed by atoms with Gasteiger partial charge in [-0.1, -0.05) is 29.8 Å². The zero-order chi connectivity index (χ0) is 22.1. The fraction of sp³-hybridized carbons (Fsp3) is 0.304. The molecule has 1 aromatic carbocycles. The van der Waals surface area contributed by atoms with E-state index in [-0.39, 0.29) is 18.6 Å². The Hall–Kier alpha value is -3.68. The summed E-state index contributed by atoms with van der Waals surface area (Å²) >= 11 is 0. The molecule has 0 aliphatic heterocycles. The third-order valence-corrected chi connectivity index (χ3v) is 5.22. The fourth-order valence-electron chi connectivity index (χ4n) is 3.55. The lowest BCUT2D eigenvalue weighted by Crippen LogP contribution is -2.31. The molecule has 1 atom stereocenters. The topological polar surface area (TPSA) is 86.9 Å². The lowest BCUT2D eigenvalue weighted by atomic mass is 10.1. The van der Waals surface area contributed by atoms with E-state index in [2.05, 4.69) is 20.4 Å². The Balaban J connectivity index is 1.48. The van der Waals surface area contributed by atoms with Crippen molar-refractivity contribution in [3.05, 3.63) is 59.5 Å². The second-order valence-corrected chi connectivity index (χ2v) is 7.86. The van der Waals surface area contributed by atoms with E-state index >= 15 is 0 Å². The van der Waals surface area contributed by atoms with Crippen LogP contribution in [0.3, 0.4) is 0 Å². The number of imidazole rings is 1. The van der Waals surface area contributed by atoms with Crippen LogP contribution in [0.25, 0.3) is 22.4 Å². The van der Waals surface area contributed by atoms with Gasteiger partial charge < -0.3 is 14.6 Å². The molecule has 0 spiro atoms. The van der Waals surface area contributed by atoms with Gasteiger partial charge in [-0.3, -0.25) is 4.79 Å². The van der Waals surface area contributed by atoms with E-state index in [1.54, 1.807) is 11.0 Å². The molecule has 3 heterocycles. The molecule has 1 N–H and O–H groups in total. The zero-order valence-electron chi connectivity index (χ0n) is 18.4. The molecule has 3 aromatic heterocycles. The standard InChI is InChI=1S/C23H26N6O2/c1-14-6-8-17(9-7-14)16(3)25-19(30)12-31-20-10-15(2)21-22(18-11-28(4)13-24-18)27-29(5)23(21)26-20/h6-11,13,16H,12H2,1-5H3,(H,25,30)/t16-/m0/s1. The number of nitrogens with one attached hydrogen (secondary N) is 1. The van der Waals surface area contributed by atoms with Crippen LogP contribution in [-0.2, 0) is 18.9 Å². The SMILES string of the molecule is Cc1ccc([C@H](C)NC(=O)COc2cc(C)c3c(-c4cn(C)cn4)nn(C)c3n2)cc1. The molecule has 8 nitrogen and oxygen atoms in total. The maximum Gasteiger partial charge on any atom is 0.258 e. The van der Waals surface area contributed by atoms with Crippen molar-refractivity contribution in [2.24, 2.45) is 14.1 Å². The minimum atomic E-state index is -0.202. The van der Waals surface area contributed by atoms with E-state index < -0.39 is 0 Å². The molecule has 4 rings (SSSR count). The van der Waals surface area contributed by atoms with E-state index in [0.717, 1.165) is 27.9 Å². The first kappa shape index (κ1) is 20.6. The molecule has 31 heavy (non-hydrogen) atoms. The number of fused-ring (bicyclic) bond motifs is 1. The maximum atomic E-state index is 12.4. The smallest absolute Gasteiger partial charge is 0.258 e. The number of hydrogen-bond acceptors (Lipinski definition) is 5. The minimum absolute atomic E-state index is 0.105. The van der Waals surface area contributed by atoms with Crippen molar-refractivity contribution in [1.29, 1.82) is 0 Å². The van der Waals surface area contributed by atoms with Gasteiger partial charge in [0, 0.05) is 26.4 Å². The zero-order valence-corrected chi connectivity index (χ0v) is 18.4. The van der Waals surface area contributed by atoms with E-state index in [0.29, 0.717) is 11.5 Å². The highest BCUT2D eigenvalue weighted by Crippen LogP contribution is 2.30. The van der Waals surface area contributed by atoms with Gasteiger partial charge in [0.15, 0.2) is 12.3 Å². The van der Waals surface area contributed by atoms with E-state index in [1.165, 1.54) is 5.56 Å². The van der Waals surface area contributed by atoms with Gasteiger partial charge in [-0.2, -0.15) is 10.1 Å². The van der Waals surface area contributed by atoms with Gasteiger partial charge in [-0.05, 0) is 31.9 Å². The van der Waals surface area contributed by atoms with Crippen LogP contribution in [0, 0.1) is 13.8 Å². The molecular formula is C23H26N6O2. The van der Waals surface area contributed by atoms with Gasteiger partial charge in [-0.25, -0.2) is 9.67 Å². The number of benzene rings is 1. The average Bonchev–Trinajstić information content (AvgIpc) is 3.30. The third-order valence-electron chi connectivity index (χ3n) is 5.22. The van der Waals surface area contributed by atoms with Crippen LogP contribution in [0.2, 0.25) is 0 Å². The molecule has 4 aromatic rings. The van der Waals surface area contributed by atoms with Gasteiger partial charge in [0.2, 0.25) is 5.88 Å². The Labute approximate surface area is 180 Å². The Bertz CT molecular complexity index is 1240. The first-order valence-corrected chi connectivity index (χ1v) is 10.1. The molecule has 0 unspecified atom stereocenters. The Morgan fingerprint density at radius 2 is 1.94 bits per heavy atom. The summed E-state index contributed by atoms with van der Waals surface area (Å²) in [4.78, 5) is 21.4. The normalized spacial score (nSPS) is 12.2. The second-order valence-electron chi connectivity index (χ2n) is 7.86. The summed E-state index contributed by atoms with van der Waals surface area (Å²) in [6.45, 7) is 5.85. The first-order valence-electron chi connectivity index (χ1n) is 10.1. The van der Waals surface area contributed by atoms with Crippen molar-refractivity contribution in [2.75, 3.05) is 6.61 Å².